The number of hydrogen-bond donors (Lipinski definition) is 6. The van der Waals surface area contributed by atoms with Crippen LogP contribution in [-0.2, 0) is 25.2 Å². The molecule has 0 amide bonds. The van der Waals surface area contributed by atoms with E-state index in [1.165, 1.54) is 24.3 Å². The molecule has 0 aliphatic heterocycles. The van der Waals surface area contributed by atoms with Crippen LogP contribution >= 0.6 is 0 Å². The van der Waals surface area contributed by atoms with E-state index in [4.69, 9.17) is 27.9 Å². The average Bonchev–Trinajstić information content (AvgIpc) is 3.04. The lowest BCUT2D eigenvalue weighted by atomic mass is 9.96. The van der Waals surface area contributed by atoms with Crippen LogP contribution in [0.2, 0.25) is 0 Å². The Kier molecular flexibility index (Phi) is 8.34. The predicted octanol–water partition coefficient (Wildman–Crippen LogP) is 6.86. The van der Waals surface area contributed by atoms with Crippen molar-refractivity contribution in [1.29, 1.82) is 0 Å². The van der Waals surface area contributed by atoms with Gasteiger partial charge in [0.25, 0.3) is 20.2 Å². The van der Waals surface area contributed by atoms with E-state index in [0.717, 1.165) is 0 Å². The Morgan fingerprint density at radius 3 is 1.27 bits per heavy atom. The molecule has 6 aromatic rings. The van der Waals surface area contributed by atoms with Gasteiger partial charge in [-0.1, -0.05) is 36.4 Å². The molecule has 0 fully saturated rings. The second kappa shape index (κ2) is 12.5. The van der Waals surface area contributed by atoms with Crippen LogP contribution in [0.5, 0.6) is 0 Å². The first-order chi connectivity index (χ1) is 23.2. The number of nitrogens with zero attached hydrogens (tertiary/aromatic N) is 4. The molecule has 0 aliphatic carbocycles. The van der Waals surface area contributed by atoms with Crippen LogP contribution in [0.1, 0.15) is 0 Å². The lowest BCUT2D eigenvalue weighted by Gasteiger charge is -2.12. The molecule has 0 saturated carbocycles. The van der Waals surface area contributed by atoms with Gasteiger partial charge in [0.15, 0.2) is 0 Å². The van der Waals surface area contributed by atoms with Crippen molar-refractivity contribution in [2.24, 2.45) is 20.8 Å². The topological polar surface area (TPSA) is 271 Å². The molecule has 0 unspecified atom stereocenters. The molecule has 17 heteroatoms. The third kappa shape index (κ3) is 6.67. The van der Waals surface area contributed by atoms with Gasteiger partial charge in [0, 0.05) is 22.5 Å². The maximum absolute atomic E-state index is 11.6. The zero-order valence-electron chi connectivity index (χ0n) is 25.1. The number of fused-ring (bicyclic) bond motifs is 2. The molecule has 0 aliphatic rings. The SMILES string of the molecule is Nc1cc(-c2c(N)ccc3cc(S(=O)(=O)O)ccc23)ccc1N=NON=Nc1ccc(-c2c(N)ccc3cc(S(=O)(=O)O)ccc23)cc1N. The minimum Gasteiger partial charge on any atom is -0.398 e. The number of anilines is 4. The van der Waals surface area contributed by atoms with Gasteiger partial charge in [0.2, 0.25) is 0 Å². The highest BCUT2D eigenvalue weighted by molar-refractivity contribution is 7.86. The fourth-order valence-corrected chi connectivity index (χ4v) is 6.39. The van der Waals surface area contributed by atoms with Gasteiger partial charge in [-0.3, -0.25) is 9.11 Å². The van der Waals surface area contributed by atoms with Crippen LogP contribution in [0.4, 0.5) is 34.1 Å². The van der Waals surface area contributed by atoms with E-state index in [1.54, 1.807) is 72.8 Å². The van der Waals surface area contributed by atoms with Crippen molar-refractivity contribution in [2.75, 3.05) is 22.9 Å². The van der Waals surface area contributed by atoms with Crippen LogP contribution in [0.15, 0.2) is 128 Å². The van der Waals surface area contributed by atoms with Gasteiger partial charge in [-0.2, -0.15) is 16.8 Å². The van der Waals surface area contributed by atoms with Gasteiger partial charge >= 0.3 is 0 Å². The van der Waals surface area contributed by atoms with Crippen molar-refractivity contribution in [1.82, 2.24) is 0 Å². The Labute approximate surface area is 278 Å². The van der Waals surface area contributed by atoms with E-state index < -0.39 is 20.2 Å². The summed E-state index contributed by atoms with van der Waals surface area (Å²) in [5.41, 5.74) is 29.2. The second-order valence-corrected chi connectivity index (χ2v) is 13.6. The van der Waals surface area contributed by atoms with Crippen LogP contribution < -0.4 is 22.9 Å². The maximum atomic E-state index is 11.6. The van der Waals surface area contributed by atoms with Gasteiger partial charge < -0.3 is 22.9 Å². The summed E-state index contributed by atoms with van der Waals surface area (Å²) < 4.78 is 65.1. The molecular formula is C32H26N8O7S2. The zero-order valence-corrected chi connectivity index (χ0v) is 26.7. The molecule has 15 nitrogen and oxygen atoms in total. The second-order valence-electron chi connectivity index (χ2n) is 10.8. The molecule has 0 radical (unpaired) electrons. The van der Waals surface area contributed by atoms with Gasteiger partial charge in [-0.25, -0.2) is 4.94 Å². The van der Waals surface area contributed by atoms with Crippen molar-refractivity contribution in [2.45, 2.75) is 9.79 Å². The molecule has 6 rings (SSSR count). The number of nitrogen functional groups attached to an aromatic ring is 4. The summed E-state index contributed by atoms with van der Waals surface area (Å²) in [5.74, 6) is 0. The molecule has 0 saturated heterocycles. The third-order valence-electron chi connectivity index (χ3n) is 7.65. The minimum atomic E-state index is -4.38. The standard InChI is InChI=1S/C32H26N8O7S2/c33-25-9-1-17-13-21(48(41,42)43)5-7-23(17)31(25)19-3-11-29(27(35)15-19)37-39-47-40-38-30-12-4-20(16-28(30)36)32-24-8-6-22(49(44,45)46)14-18(24)2-10-26(32)34/h1-16H,33-36H2,(H,41,42,43)(H,44,45,46). The highest BCUT2D eigenvalue weighted by Crippen LogP contribution is 2.39. The number of rotatable bonds is 8. The van der Waals surface area contributed by atoms with Crippen LogP contribution in [0.3, 0.4) is 0 Å². The first kappa shape index (κ1) is 32.8. The Morgan fingerprint density at radius 2 is 0.898 bits per heavy atom. The first-order valence-electron chi connectivity index (χ1n) is 14.1. The summed E-state index contributed by atoms with van der Waals surface area (Å²) >= 11 is 0. The van der Waals surface area contributed by atoms with E-state index in [0.29, 0.717) is 55.2 Å². The fourth-order valence-electron chi connectivity index (χ4n) is 5.36. The van der Waals surface area contributed by atoms with Crippen molar-refractivity contribution < 1.29 is 30.9 Å². The molecule has 0 bridgehead atoms. The lowest BCUT2D eigenvalue weighted by molar-refractivity contribution is 0.117. The van der Waals surface area contributed by atoms with E-state index in [9.17, 15) is 25.9 Å². The first-order valence-corrected chi connectivity index (χ1v) is 17.0. The Balaban J connectivity index is 1.18. The van der Waals surface area contributed by atoms with Crippen molar-refractivity contribution in [3.05, 3.63) is 97.1 Å². The molecule has 10 N–H and O–H groups in total. The van der Waals surface area contributed by atoms with Crippen LogP contribution in [0, 0.1) is 0 Å². The Hall–Kier alpha value is -6.14. The average molecular weight is 699 g/mol. The molecular weight excluding hydrogens is 673 g/mol. The summed E-state index contributed by atoms with van der Waals surface area (Å²) in [4.78, 5) is 4.36. The summed E-state index contributed by atoms with van der Waals surface area (Å²) in [7, 11) is -8.76. The van der Waals surface area contributed by atoms with E-state index >= 15 is 0 Å². The molecule has 0 spiro atoms. The smallest absolute Gasteiger partial charge is 0.294 e. The fraction of sp³-hybridized carbons (Fsp3) is 0. The molecule has 0 aromatic heterocycles. The van der Waals surface area contributed by atoms with Gasteiger partial charge in [-0.15, -0.1) is 10.2 Å². The summed E-state index contributed by atoms with van der Waals surface area (Å²) in [6, 6.07) is 24.7. The molecule has 0 atom stereocenters. The van der Waals surface area contributed by atoms with Crippen molar-refractivity contribution in [3.8, 4) is 22.3 Å². The van der Waals surface area contributed by atoms with Crippen molar-refractivity contribution >= 4 is 75.9 Å². The molecule has 49 heavy (non-hydrogen) atoms. The van der Waals surface area contributed by atoms with E-state index in [-0.39, 0.29) is 32.5 Å². The predicted molar refractivity (Wildman–Crippen MR) is 186 cm³/mol. The van der Waals surface area contributed by atoms with Gasteiger partial charge in [0.05, 0.1) is 31.7 Å². The zero-order chi connectivity index (χ0) is 35.1. The van der Waals surface area contributed by atoms with Gasteiger partial charge in [-0.05, 0) is 93.3 Å². The summed E-state index contributed by atoms with van der Waals surface area (Å²) in [6.45, 7) is 0. The number of nitrogens with two attached hydrogens (primary N) is 4. The normalized spacial score (nSPS) is 12.4. The highest BCUT2D eigenvalue weighted by Gasteiger charge is 2.16. The Morgan fingerprint density at radius 1 is 0.490 bits per heavy atom. The van der Waals surface area contributed by atoms with Crippen LogP contribution in [-0.4, -0.2) is 25.9 Å². The monoisotopic (exact) mass is 698 g/mol. The van der Waals surface area contributed by atoms with Gasteiger partial charge in [0.1, 0.15) is 11.4 Å². The van der Waals surface area contributed by atoms with Crippen LogP contribution in [0.25, 0.3) is 43.8 Å². The maximum Gasteiger partial charge on any atom is 0.294 e. The van der Waals surface area contributed by atoms with Crippen molar-refractivity contribution in [3.63, 3.8) is 0 Å². The molecule has 0 heterocycles. The largest absolute Gasteiger partial charge is 0.398 e. The van der Waals surface area contributed by atoms with E-state index in [2.05, 4.69) is 20.8 Å². The number of benzene rings is 6. The minimum absolute atomic E-state index is 0.231. The molecule has 248 valence electrons. The molecule has 6 aromatic carbocycles. The highest BCUT2D eigenvalue weighted by atomic mass is 32.2. The van der Waals surface area contributed by atoms with E-state index in [1.807, 2.05) is 0 Å². The summed E-state index contributed by atoms with van der Waals surface area (Å²) in [6.07, 6.45) is 0. The third-order valence-corrected chi connectivity index (χ3v) is 9.34. The Bertz CT molecular complexity index is 2420. The quantitative estimate of drug-likeness (QED) is 0.0413. The summed E-state index contributed by atoms with van der Waals surface area (Å²) in [5, 5.41) is 17.3. The number of hydrogen-bond acceptors (Lipinski definition) is 13. The lowest BCUT2D eigenvalue weighted by Crippen LogP contribution is -1.98.